The van der Waals surface area contributed by atoms with Gasteiger partial charge in [0.1, 0.15) is 11.2 Å². The number of rotatable bonds is 8. The molecule has 2 aromatic heterocycles. The number of aryl methyl sites for hydroxylation is 4. The monoisotopic (exact) mass is 834 g/mol. The van der Waals surface area contributed by atoms with Gasteiger partial charge in [-0.1, -0.05) is 76.2 Å². The number of benzene rings is 9. The molecule has 0 aliphatic carbocycles. The first-order valence-electron chi connectivity index (χ1n) is 23.4. The molecule has 4 nitrogen and oxygen atoms in total. The molecule has 11 rings (SSSR count). The van der Waals surface area contributed by atoms with E-state index in [4.69, 9.17) is 8.83 Å². The Bertz CT molecular complexity index is 3520. The van der Waals surface area contributed by atoms with Crippen molar-refractivity contribution in [3.8, 4) is 0 Å². The Morgan fingerprint density at radius 2 is 0.766 bits per heavy atom. The van der Waals surface area contributed by atoms with Gasteiger partial charge in [0.15, 0.2) is 11.2 Å². The minimum Gasteiger partial charge on any atom is -0.452 e. The van der Waals surface area contributed by atoms with Crippen LogP contribution in [0.4, 0.5) is 34.1 Å². The maximum atomic E-state index is 9.42. The first kappa shape index (κ1) is 37.3. The van der Waals surface area contributed by atoms with Crippen molar-refractivity contribution in [2.75, 3.05) is 9.80 Å². The standard InChI is InChI=1S/C60H52N2O2/c1-35(2)41-11-9-13-47(27-41)61(49-19-15-37(5)39(7)25-49)51-21-17-43-31-55-53-23-24-54-56-32-44-18-22-52(30-46(44)34-58(56)64-60(54)59(53)63-57(55)33-45(43)29-51)62(50-20-16-38(6)40(8)26-50)48-14-10-12-42(28-48)36(3)4/h9-36H,1-8H3/i23D,24D. The average molecular weight is 835 g/mol. The molecule has 0 amide bonds. The van der Waals surface area contributed by atoms with Crippen LogP contribution in [0.3, 0.4) is 0 Å². The lowest BCUT2D eigenvalue weighted by molar-refractivity contribution is 0.634. The second-order valence-corrected chi connectivity index (χ2v) is 18.3. The maximum Gasteiger partial charge on any atom is 0.178 e. The fourth-order valence-corrected chi connectivity index (χ4v) is 9.30. The van der Waals surface area contributed by atoms with E-state index >= 15 is 0 Å². The van der Waals surface area contributed by atoms with Crippen molar-refractivity contribution >= 4 is 99.5 Å². The molecule has 0 saturated heterocycles. The number of fused-ring (bicyclic) bond motifs is 9. The van der Waals surface area contributed by atoms with Gasteiger partial charge in [-0.2, -0.15) is 0 Å². The summed E-state index contributed by atoms with van der Waals surface area (Å²) in [6, 6.07) is 52.6. The largest absolute Gasteiger partial charge is 0.452 e. The van der Waals surface area contributed by atoms with E-state index in [-0.39, 0.29) is 12.1 Å². The molecule has 64 heavy (non-hydrogen) atoms. The minimum atomic E-state index is 0.129. The van der Waals surface area contributed by atoms with Gasteiger partial charge in [-0.15, -0.1) is 0 Å². The molecule has 11 aromatic rings. The fourth-order valence-electron chi connectivity index (χ4n) is 9.30. The van der Waals surface area contributed by atoms with E-state index in [2.05, 4.69) is 211 Å². The van der Waals surface area contributed by atoms with Crippen LogP contribution in [0.2, 0.25) is 0 Å². The zero-order valence-electron chi connectivity index (χ0n) is 39.7. The molecule has 0 saturated carbocycles. The smallest absolute Gasteiger partial charge is 0.178 e. The molecule has 0 N–H and O–H groups in total. The minimum absolute atomic E-state index is 0.129. The summed E-state index contributed by atoms with van der Waals surface area (Å²) in [5.74, 6) is 0.785. The predicted molar refractivity (Wildman–Crippen MR) is 273 cm³/mol. The fraction of sp³-hybridized carbons (Fsp3) is 0.167. The predicted octanol–water partition coefficient (Wildman–Crippen LogP) is 18.2. The number of nitrogens with zero attached hydrogens (tertiary/aromatic N) is 2. The molecule has 4 heteroatoms. The molecule has 0 fully saturated rings. The summed E-state index contributed by atoms with van der Waals surface area (Å²) in [7, 11) is 0. The van der Waals surface area contributed by atoms with Crippen molar-refractivity contribution in [2.45, 2.75) is 67.2 Å². The Morgan fingerprint density at radius 3 is 1.17 bits per heavy atom. The van der Waals surface area contributed by atoms with Crippen LogP contribution in [-0.2, 0) is 0 Å². The summed E-state index contributed by atoms with van der Waals surface area (Å²) in [5, 5.41) is 6.85. The van der Waals surface area contributed by atoms with Crippen molar-refractivity contribution < 1.29 is 11.6 Å². The summed E-state index contributed by atoms with van der Waals surface area (Å²) in [4.78, 5) is 4.65. The number of hydrogen-bond acceptors (Lipinski definition) is 4. The summed E-state index contributed by atoms with van der Waals surface area (Å²) < 4.78 is 32.3. The quantitative estimate of drug-likeness (QED) is 0.153. The highest BCUT2D eigenvalue weighted by Crippen LogP contribution is 2.44. The molecule has 9 aromatic carbocycles. The third kappa shape index (κ3) is 6.68. The lowest BCUT2D eigenvalue weighted by atomic mass is 10.0. The zero-order chi connectivity index (χ0) is 45.7. The third-order valence-corrected chi connectivity index (χ3v) is 13.4. The SMILES string of the molecule is [2H]c1c([2H])c2c3cc4ccc(N(c5cccc(C(C)C)c5)c5ccc(C)c(C)c5)cc4cc3oc2c2oc3cc4cc(N(c5cccc(C(C)C)c5)c5ccc(C)c(C)c5)ccc4cc3c12. The van der Waals surface area contributed by atoms with Crippen LogP contribution < -0.4 is 9.80 Å². The van der Waals surface area contributed by atoms with Gasteiger partial charge < -0.3 is 18.6 Å². The van der Waals surface area contributed by atoms with E-state index in [1.165, 1.54) is 33.4 Å². The molecule has 0 radical (unpaired) electrons. The van der Waals surface area contributed by atoms with Gasteiger partial charge in [0, 0.05) is 55.7 Å². The summed E-state index contributed by atoms with van der Waals surface area (Å²) in [6.07, 6.45) is 0. The Hall–Kier alpha value is -7.30. The van der Waals surface area contributed by atoms with Crippen LogP contribution >= 0.6 is 0 Å². The normalized spacial score (nSPS) is 12.5. The van der Waals surface area contributed by atoms with Crippen LogP contribution in [0.25, 0.3) is 65.4 Å². The second kappa shape index (κ2) is 15.2. The highest BCUT2D eigenvalue weighted by molar-refractivity contribution is 6.21. The van der Waals surface area contributed by atoms with Crippen molar-refractivity contribution in [1.29, 1.82) is 0 Å². The first-order valence-corrected chi connectivity index (χ1v) is 22.4. The van der Waals surface area contributed by atoms with E-state index in [1.807, 2.05) is 0 Å². The van der Waals surface area contributed by atoms with E-state index in [9.17, 15) is 2.74 Å². The molecular weight excluding hydrogens is 781 g/mol. The van der Waals surface area contributed by atoms with Crippen molar-refractivity contribution in [3.63, 3.8) is 0 Å². The molecule has 314 valence electrons. The Balaban J connectivity index is 1.05. The summed E-state index contributed by atoms with van der Waals surface area (Å²) in [5.41, 5.74) is 16.3. The first-order chi connectivity index (χ1) is 31.8. The van der Waals surface area contributed by atoms with Gasteiger partial charge in [-0.05, 0) is 204 Å². The molecule has 0 aliphatic heterocycles. The van der Waals surface area contributed by atoms with Gasteiger partial charge in [-0.25, -0.2) is 0 Å². The topological polar surface area (TPSA) is 32.8 Å². The second-order valence-electron chi connectivity index (χ2n) is 18.3. The summed E-state index contributed by atoms with van der Waals surface area (Å²) in [6.45, 7) is 17.5. The third-order valence-electron chi connectivity index (χ3n) is 13.4. The lowest BCUT2D eigenvalue weighted by Crippen LogP contribution is -2.11. The van der Waals surface area contributed by atoms with Crippen molar-refractivity contribution in [1.82, 2.24) is 0 Å². The zero-order valence-corrected chi connectivity index (χ0v) is 37.7. The summed E-state index contributed by atoms with van der Waals surface area (Å²) >= 11 is 0. The molecule has 0 unspecified atom stereocenters. The van der Waals surface area contributed by atoms with Gasteiger partial charge in [-0.3, -0.25) is 0 Å². The Morgan fingerprint density at radius 1 is 0.375 bits per heavy atom. The average Bonchev–Trinajstić information content (AvgIpc) is 3.87. The van der Waals surface area contributed by atoms with E-state index < -0.39 is 0 Å². The molecule has 0 aliphatic rings. The van der Waals surface area contributed by atoms with Crippen LogP contribution in [0, 0.1) is 27.7 Å². The van der Waals surface area contributed by atoms with Gasteiger partial charge in [0.2, 0.25) is 0 Å². The maximum absolute atomic E-state index is 9.42. The van der Waals surface area contributed by atoms with Crippen molar-refractivity contribution in [3.05, 3.63) is 191 Å². The Kier molecular flexibility index (Phi) is 8.85. The van der Waals surface area contributed by atoms with Crippen LogP contribution in [-0.4, -0.2) is 0 Å². The van der Waals surface area contributed by atoms with Gasteiger partial charge in [0.25, 0.3) is 0 Å². The van der Waals surface area contributed by atoms with E-state index in [0.29, 0.717) is 44.9 Å². The Labute approximate surface area is 377 Å². The molecule has 0 spiro atoms. The number of anilines is 6. The molecule has 0 atom stereocenters. The van der Waals surface area contributed by atoms with Gasteiger partial charge >= 0.3 is 0 Å². The highest BCUT2D eigenvalue weighted by Gasteiger charge is 2.21. The number of furan rings is 2. The number of hydrogen-bond donors (Lipinski definition) is 0. The van der Waals surface area contributed by atoms with Crippen LogP contribution in [0.5, 0.6) is 0 Å². The van der Waals surface area contributed by atoms with Crippen LogP contribution in [0.1, 0.15) is 75.7 Å². The molecular formula is C60H52N2O2. The van der Waals surface area contributed by atoms with E-state index in [0.717, 1.165) is 66.4 Å². The van der Waals surface area contributed by atoms with E-state index in [1.54, 1.807) is 0 Å². The molecule has 0 bridgehead atoms. The van der Waals surface area contributed by atoms with Crippen LogP contribution in [0.15, 0.2) is 167 Å². The molecule has 2 heterocycles. The highest BCUT2D eigenvalue weighted by atomic mass is 16.4. The van der Waals surface area contributed by atoms with Gasteiger partial charge in [0.05, 0.1) is 2.74 Å². The van der Waals surface area contributed by atoms with Crippen molar-refractivity contribution in [2.24, 2.45) is 0 Å². The lowest BCUT2D eigenvalue weighted by Gasteiger charge is -2.27.